The summed E-state index contributed by atoms with van der Waals surface area (Å²) < 4.78 is 12.0. The number of halogens is 2. The molecule has 1 unspecified atom stereocenters. The van der Waals surface area contributed by atoms with Gasteiger partial charge < -0.3 is 19.4 Å². The Bertz CT molecular complexity index is 686. The lowest BCUT2D eigenvalue weighted by molar-refractivity contribution is 0.187. The van der Waals surface area contributed by atoms with E-state index in [1.807, 2.05) is 12.1 Å². The van der Waals surface area contributed by atoms with Gasteiger partial charge in [-0.25, -0.2) is 0 Å². The Labute approximate surface area is 186 Å². The molecule has 1 atom stereocenters. The van der Waals surface area contributed by atoms with E-state index in [4.69, 9.17) is 14.1 Å². The van der Waals surface area contributed by atoms with Gasteiger partial charge in [0.2, 0.25) is 0 Å². The van der Waals surface area contributed by atoms with Crippen molar-refractivity contribution in [1.29, 1.82) is 0 Å². The highest BCUT2D eigenvalue weighted by Gasteiger charge is 2.16. The first-order valence-electron chi connectivity index (χ1n) is 9.05. The minimum atomic E-state index is 0. The highest BCUT2D eigenvalue weighted by molar-refractivity contribution is 14.0. The zero-order chi connectivity index (χ0) is 18.2. The zero-order valence-electron chi connectivity index (χ0n) is 15.6. The number of nitrogens with one attached hydrogen (secondary N) is 1. The Morgan fingerprint density at radius 3 is 2.78 bits per heavy atom. The van der Waals surface area contributed by atoms with E-state index in [1.54, 1.807) is 6.26 Å². The normalized spacial score (nSPS) is 16.8. The van der Waals surface area contributed by atoms with Crippen LogP contribution in [0, 0.1) is 5.92 Å². The average Bonchev–Trinajstić information content (AvgIpc) is 3.33. The molecule has 0 spiro atoms. The van der Waals surface area contributed by atoms with Crippen molar-refractivity contribution < 1.29 is 9.15 Å². The van der Waals surface area contributed by atoms with Gasteiger partial charge in [0.25, 0.3) is 0 Å². The van der Waals surface area contributed by atoms with Gasteiger partial charge in [-0.05, 0) is 36.2 Å². The van der Waals surface area contributed by atoms with Gasteiger partial charge in [-0.3, -0.25) is 4.99 Å². The first kappa shape index (κ1) is 22.2. The monoisotopic (exact) mass is 547 g/mol. The fourth-order valence-corrected chi connectivity index (χ4v) is 3.21. The van der Waals surface area contributed by atoms with Crippen LogP contribution in [0.2, 0.25) is 0 Å². The second-order valence-electron chi connectivity index (χ2n) is 6.63. The van der Waals surface area contributed by atoms with Crippen LogP contribution in [0.25, 0.3) is 0 Å². The van der Waals surface area contributed by atoms with E-state index in [-0.39, 0.29) is 24.0 Å². The van der Waals surface area contributed by atoms with Gasteiger partial charge in [0, 0.05) is 50.1 Å². The summed E-state index contributed by atoms with van der Waals surface area (Å²) in [5, 5.41) is 3.48. The molecule has 0 saturated carbocycles. The van der Waals surface area contributed by atoms with Crippen LogP contribution in [0.1, 0.15) is 17.7 Å². The van der Waals surface area contributed by atoms with Gasteiger partial charge >= 0.3 is 0 Å². The molecule has 7 heteroatoms. The van der Waals surface area contributed by atoms with Gasteiger partial charge in [-0.2, -0.15) is 0 Å². The predicted molar refractivity (Wildman–Crippen MR) is 123 cm³/mol. The molecule has 148 valence electrons. The molecule has 5 nitrogen and oxygen atoms in total. The fraction of sp³-hybridized carbons (Fsp3) is 0.450. The zero-order valence-corrected chi connectivity index (χ0v) is 19.5. The molecule has 1 aromatic heterocycles. The van der Waals surface area contributed by atoms with E-state index in [0.717, 1.165) is 61.9 Å². The van der Waals surface area contributed by atoms with Crippen LogP contribution in [0.4, 0.5) is 0 Å². The number of aliphatic imine (C=N–C) groups is 1. The number of nitrogens with zero attached hydrogens (tertiary/aromatic N) is 2. The van der Waals surface area contributed by atoms with Crippen LogP contribution in [0.3, 0.4) is 0 Å². The third-order valence-corrected chi connectivity index (χ3v) is 4.98. The maximum atomic E-state index is 5.47. The van der Waals surface area contributed by atoms with E-state index in [1.165, 1.54) is 5.56 Å². The van der Waals surface area contributed by atoms with Crippen LogP contribution < -0.4 is 5.32 Å². The number of guanidine groups is 1. The minimum Gasteiger partial charge on any atom is -0.469 e. The van der Waals surface area contributed by atoms with Crippen molar-refractivity contribution in [2.45, 2.75) is 19.4 Å². The Morgan fingerprint density at radius 1 is 1.30 bits per heavy atom. The molecule has 1 aliphatic rings. The number of hydrogen-bond donors (Lipinski definition) is 1. The summed E-state index contributed by atoms with van der Waals surface area (Å²) in [7, 11) is 2.08. The maximum absolute atomic E-state index is 5.47. The summed E-state index contributed by atoms with van der Waals surface area (Å²) in [5.74, 6) is 2.43. The SMILES string of the molecule is CN(Cc1ccc(Br)cc1)C(=NCC1CCOC1)NCCc1ccco1.I. The van der Waals surface area contributed by atoms with Gasteiger partial charge in [-0.1, -0.05) is 28.1 Å². The van der Waals surface area contributed by atoms with Crippen molar-refractivity contribution in [2.24, 2.45) is 10.9 Å². The Morgan fingerprint density at radius 2 is 2.11 bits per heavy atom. The van der Waals surface area contributed by atoms with Crippen molar-refractivity contribution in [3.8, 4) is 0 Å². The molecule has 1 N–H and O–H groups in total. The van der Waals surface area contributed by atoms with E-state index in [9.17, 15) is 0 Å². The summed E-state index contributed by atoms with van der Waals surface area (Å²) in [6.07, 6.45) is 3.65. The largest absolute Gasteiger partial charge is 0.469 e. The molecule has 0 bridgehead atoms. The number of rotatable bonds is 7. The second-order valence-corrected chi connectivity index (χ2v) is 7.55. The van der Waals surface area contributed by atoms with Crippen molar-refractivity contribution in [2.75, 3.05) is 33.4 Å². The Hall–Kier alpha value is -1.06. The van der Waals surface area contributed by atoms with Gasteiger partial charge in [-0.15, -0.1) is 24.0 Å². The standard InChI is InChI=1S/C20H26BrN3O2.HI/c1-24(14-16-4-6-18(21)7-5-16)20(23-13-17-9-12-25-15-17)22-10-8-19-3-2-11-26-19;/h2-7,11,17H,8-10,12-15H2,1H3,(H,22,23);1H. The van der Waals surface area contributed by atoms with E-state index in [0.29, 0.717) is 5.92 Å². The van der Waals surface area contributed by atoms with Crippen molar-refractivity contribution >= 4 is 45.9 Å². The molecular weight excluding hydrogens is 521 g/mol. The highest BCUT2D eigenvalue weighted by atomic mass is 127. The van der Waals surface area contributed by atoms with Crippen molar-refractivity contribution in [3.05, 3.63) is 58.5 Å². The molecule has 0 aliphatic carbocycles. The molecule has 0 amide bonds. The van der Waals surface area contributed by atoms with E-state index >= 15 is 0 Å². The predicted octanol–water partition coefficient (Wildman–Crippen LogP) is 4.32. The summed E-state index contributed by atoms with van der Waals surface area (Å²) in [6.45, 7) is 4.07. The number of furan rings is 1. The van der Waals surface area contributed by atoms with Crippen molar-refractivity contribution in [1.82, 2.24) is 10.2 Å². The smallest absolute Gasteiger partial charge is 0.193 e. The van der Waals surface area contributed by atoms with Crippen molar-refractivity contribution in [3.63, 3.8) is 0 Å². The quantitative estimate of drug-likeness (QED) is 0.319. The molecule has 3 rings (SSSR count). The number of ether oxygens (including phenoxy) is 1. The first-order valence-corrected chi connectivity index (χ1v) is 9.84. The molecule has 2 heterocycles. The van der Waals surface area contributed by atoms with Crippen LogP contribution in [-0.2, 0) is 17.7 Å². The lowest BCUT2D eigenvalue weighted by Gasteiger charge is -2.23. The molecule has 2 aromatic rings. The topological polar surface area (TPSA) is 50.0 Å². The van der Waals surface area contributed by atoms with E-state index < -0.39 is 0 Å². The molecule has 1 aromatic carbocycles. The Kier molecular flexibility index (Phi) is 9.64. The van der Waals surface area contributed by atoms with Gasteiger partial charge in [0.15, 0.2) is 5.96 Å². The molecule has 1 aliphatic heterocycles. The van der Waals surface area contributed by atoms with Crippen LogP contribution in [0.15, 0.2) is 56.5 Å². The molecule has 1 saturated heterocycles. The average molecular weight is 548 g/mol. The lowest BCUT2D eigenvalue weighted by atomic mass is 10.1. The minimum absolute atomic E-state index is 0. The van der Waals surface area contributed by atoms with Crippen LogP contribution in [-0.4, -0.2) is 44.2 Å². The summed E-state index contributed by atoms with van der Waals surface area (Å²) in [4.78, 5) is 7.02. The third-order valence-electron chi connectivity index (χ3n) is 4.45. The first-order chi connectivity index (χ1) is 12.7. The van der Waals surface area contributed by atoms with Gasteiger partial charge in [0.1, 0.15) is 5.76 Å². The molecule has 1 fully saturated rings. The summed E-state index contributed by atoms with van der Waals surface area (Å²) in [5.41, 5.74) is 1.25. The lowest BCUT2D eigenvalue weighted by Crippen LogP contribution is -2.40. The van der Waals surface area contributed by atoms with Crippen LogP contribution >= 0.6 is 39.9 Å². The van der Waals surface area contributed by atoms with Crippen LogP contribution in [0.5, 0.6) is 0 Å². The van der Waals surface area contributed by atoms with E-state index in [2.05, 4.69) is 57.5 Å². The molecule has 0 radical (unpaired) electrons. The highest BCUT2D eigenvalue weighted by Crippen LogP contribution is 2.14. The summed E-state index contributed by atoms with van der Waals surface area (Å²) in [6, 6.07) is 12.3. The summed E-state index contributed by atoms with van der Waals surface area (Å²) >= 11 is 3.49. The Balaban J connectivity index is 0.00000261. The second kappa shape index (κ2) is 11.7. The fourth-order valence-electron chi connectivity index (χ4n) is 2.95. The number of benzene rings is 1. The maximum Gasteiger partial charge on any atom is 0.193 e. The third kappa shape index (κ3) is 7.46. The number of hydrogen-bond acceptors (Lipinski definition) is 3. The molecule has 27 heavy (non-hydrogen) atoms. The molecular formula is C20H27BrIN3O2. The van der Waals surface area contributed by atoms with Gasteiger partial charge in [0.05, 0.1) is 12.9 Å².